The fraction of sp³-hybridized carbons (Fsp3) is 0.111. The van der Waals surface area contributed by atoms with Crippen molar-refractivity contribution >= 4 is 0 Å². The molecule has 0 spiro atoms. The Bertz CT molecular complexity index is 399. The van der Waals surface area contributed by atoms with E-state index >= 15 is 0 Å². The van der Waals surface area contributed by atoms with Gasteiger partial charge in [0.05, 0.1) is 0 Å². The van der Waals surface area contributed by atoms with Gasteiger partial charge in [-0.1, -0.05) is 0 Å². The first-order valence-electron chi connectivity index (χ1n) is 3.91. The van der Waals surface area contributed by atoms with Crippen molar-refractivity contribution in [2.24, 2.45) is 0 Å². The van der Waals surface area contributed by atoms with Crippen molar-refractivity contribution in [2.45, 2.75) is 6.92 Å². The van der Waals surface area contributed by atoms with Crippen molar-refractivity contribution in [3.63, 3.8) is 0 Å². The molecule has 4 nitrogen and oxygen atoms in total. The molecule has 0 fully saturated rings. The van der Waals surface area contributed by atoms with E-state index in [9.17, 15) is 0 Å². The zero-order chi connectivity index (χ0) is 9.10. The van der Waals surface area contributed by atoms with Crippen LogP contribution in [0.3, 0.4) is 0 Å². The first kappa shape index (κ1) is 7.79. The molecule has 4 heteroatoms. The second-order valence-electron chi connectivity index (χ2n) is 2.68. The van der Waals surface area contributed by atoms with Crippen LogP contribution in [0.1, 0.15) is 5.56 Å². The minimum absolute atomic E-state index is 0.610. The van der Waals surface area contributed by atoms with E-state index in [0.717, 1.165) is 11.3 Å². The molecular formula is C9H8N4. The molecule has 0 radical (unpaired) electrons. The zero-order valence-corrected chi connectivity index (χ0v) is 7.18. The predicted molar refractivity (Wildman–Crippen MR) is 47.8 cm³/mol. The Morgan fingerprint density at radius 1 is 1.08 bits per heavy atom. The maximum absolute atomic E-state index is 4.16. The van der Waals surface area contributed by atoms with Crippen LogP contribution in [0.15, 0.2) is 31.0 Å². The highest BCUT2D eigenvalue weighted by Gasteiger charge is 2.00. The largest absolute Gasteiger partial charge is 0.253 e. The van der Waals surface area contributed by atoms with Crippen LogP contribution in [0.25, 0.3) is 11.5 Å². The maximum atomic E-state index is 4.16. The molecule has 0 saturated heterocycles. The molecule has 2 rings (SSSR count). The summed E-state index contributed by atoms with van der Waals surface area (Å²) in [6.07, 6.45) is 4.67. The van der Waals surface area contributed by atoms with E-state index in [2.05, 4.69) is 19.9 Å². The molecule has 0 amide bonds. The molecule has 0 unspecified atom stereocenters. The average molecular weight is 172 g/mol. The fourth-order valence-electron chi connectivity index (χ4n) is 1.03. The second kappa shape index (κ2) is 3.26. The van der Waals surface area contributed by atoms with E-state index in [-0.39, 0.29) is 0 Å². The van der Waals surface area contributed by atoms with Gasteiger partial charge in [0.1, 0.15) is 18.3 Å². The Balaban J connectivity index is 2.48. The standard InChI is InChI=1S/C9H8N4/c1-7-2-3-11-8(4-7)9-12-5-10-6-13-9/h2-6H,1H3. The van der Waals surface area contributed by atoms with Crippen LogP contribution in [-0.4, -0.2) is 19.9 Å². The van der Waals surface area contributed by atoms with Gasteiger partial charge < -0.3 is 0 Å². The molecule has 0 N–H and O–H groups in total. The van der Waals surface area contributed by atoms with Crippen LogP contribution < -0.4 is 0 Å². The van der Waals surface area contributed by atoms with Gasteiger partial charge >= 0.3 is 0 Å². The van der Waals surface area contributed by atoms with Gasteiger partial charge in [0.15, 0.2) is 5.82 Å². The van der Waals surface area contributed by atoms with E-state index < -0.39 is 0 Å². The predicted octanol–water partition coefficient (Wildman–Crippen LogP) is 1.24. The van der Waals surface area contributed by atoms with Crippen LogP contribution in [0.4, 0.5) is 0 Å². The van der Waals surface area contributed by atoms with Gasteiger partial charge in [-0.2, -0.15) is 0 Å². The SMILES string of the molecule is Cc1ccnc(-c2ncncn2)c1. The molecule has 0 bridgehead atoms. The molecule has 2 aromatic rings. The Morgan fingerprint density at radius 2 is 1.85 bits per heavy atom. The van der Waals surface area contributed by atoms with E-state index in [1.54, 1.807) is 6.20 Å². The Kier molecular flexibility index (Phi) is 1.96. The van der Waals surface area contributed by atoms with Gasteiger partial charge in [-0.3, -0.25) is 4.98 Å². The maximum Gasteiger partial charge on any atom is 0.181 e. The number of nitrogens with zero attached hydrogens (tertiary/aromatic N) is 4. The van der Waals surface area contributed by atoms with E-state index in [1.807, 2.05) is 19.1 Å². The number of rotatable bonds is 1. The summed E-state index contributed by atoms with van der Waals surface area (Å²) in [6, 6.07) is 3.88. The molecule has 13 heavy (non-hydrogen) atoms. The second-order valence-corrected chi connectivity index (χ2v) is 2.68. The molecule has 2 aromatic heterocycles. The van der Waals surface area contributed by atoms with Crippen molar-refractivity contribution in [1.82, 2.24) is 19.9 Å². The normalized spacial score (nSPS) is 9.92. The Hall–Kier alpha value is -1.84. The molecular weight excluding hydrogens is 164 g/mol. The summed E-state index contributed by atoms with van der Waals surface area (Å²) in [5.74, 6) is 0.610. The van der Waals surface area contributed by atoms with Crippen molar-refractivity contribution in [1.29, 1.82) is 0 Å². The summed E-state index contributed by atoms with van der Waals surface area (Å²) in [7, 11) is 0. The summed E-state index contributed by atoms with van der Waals surface area (Å²) in [4.78, 5) is 15.9. The van der Waals surface area contributed by atoms with E-state index in [0.29, 0.717) is 5.82 Å². The van der Waals surface area contributed by atoms with Gasteiger partial charge in [-0.15, -0.1) is 0 Å². The van der Waals surface area contributed by atoms with Gasteiger partial charge in [0, 0.05) is 6.20 Å². The molecule has 0 saturated carbocycles. The van der Waals surface area contributed by atoms with Crippen molar-refractivity contribution in [2.75, 3.05) is 0 Å². The first-order valence-corrected chi connectivity index (χ1v) is 3.91. The monoisotopic (exact) mass is 172 g/mol. The number of hydrogen-bond acceptors (Lipinski definition) is 4. The molecule has 0 aliphatic rings. The molecule has 0 aromatic carbocycles. The molecule has 0 aliphatic heterocycles. The highest BCUT2D eigenvalue weighted by Crippen LogP contribution is 2.10. The third-order valence-electron chi connectivity index (χ3n) is 1.64. The Morgan fingerprint density at radius 3 is 2.54 bits per heavy atom. The summed E-state index contributed by atoms with van der Waals surface area (Å²) in [6.45, 7) is 2.01. The topological polar surface area (TPSA) is 51.6 Å². The lowest BCUT2D eigenvalue weighted by atomic mass is 10.2. The first-order chi connectivity index (χ1) is 6.36. The van der Waals surface area contributed by atoms with Crippen molar-refractivity contribution < 1.29 is 0 Å². The molecule has 0 aliphatic carbocycles. The third kappa shape index (κ3) is 1.66. The quantitative estimate of drug-likeness (QED) is 0.649. The van der Waals surface area contributed by atoms with Crippen molar-refractivity contribution in [3.05, 3.63) is 36.5 Å². The third-order valence-corrected chi connectivity index (χ3v) is 1.64. The van der Waals surface area contributed by atoms with E-state index in [4.69, 9.17) is 0 Å². The zero-order valence-electron chi connectivity index (χ0n) is 7.18. The molecule has 0 atom stereocenters. The number of pyridine rings is 1. The highest BCUT2D eigenvalue weighted by molar-refractivity contribution is 5.48. The lowest BCUT2D eigenvalue weighted by Gasteiger charge is -1.97. The average Bonchev–Trinajstić information content (AvgIpc) is 2.19. The summed E-state index contributed by atoms with van der Waals surface area (Å²) in [5, 5.41) is 0. The van der Waals surface area contributed by atoms with Crippen LogP contribution in [-0.2, 0) is 0 Å². The van der Waals surface area contributed by atoms with E-state index in [1.165, 1.54) is 12.7 Å². The van der Waals surface area contributed by atoms with Gasteiger partial charge in [-0.05, 0) is 24.6 Å². The minimum Gasteiger partial charge on any atom is -0.253 e. The minimum atomic E-state index is 0.610. The number of aromatic nitrogens is 4. The van der Waals surface area contributed by atoms with Gasteiger partial charge in [-0.25, -0.2) is 15.0 Å². The van der Waals surface area contributed by atoms with Crippen LogP contribution in [0, 0.1) is 6.92 Å². The smallest absolute Gasteiger partial charge is 0.181 e. The summed E-state index contributed by atoms with van der Waals surface area (Å²) < 4.78 is 0. The number of aryl methyl sites for hydroxylation is 1. The fourth-order valence-corrected chi connectivity index (χ4v) is 1.03. The van der Waals surface area contributed by atoms with Gasteiger partial charge in [0.25, 0.3) is 0 Å². The van der Waals surface area contributed by atoms with Crippen LogP contribution in [0.5, 0.6) is 0 Å². The lowest BCUT2D eigenvalue weighted by molar-refractivity contribution is 1.04. The lowest BCUT2D eigenvalue weighted by Crippen LogP contribution is -1.91. The summed E-state index contributed by atoms with van der Waals surface area (Å²) in [5.41, 5.74) is 1.92. The Labute approximate surface area is 75.7 Å². The van der Waals surface area contributed by atoms with Crippen LogP contribution in [0.2, 0.25) is 0 Å². The highest BCUT2D eigenvalue weighted by atomic mass is 15.0. The molecule has 64 valence electrons. The molecule has 2 heterocycles. The van der Waals surface area contributed by atoms with Gasteiger partial charge in [0.2, 0.25) is 0 Å². The van der Waals surface area contributed by atoms with Crippen molar-refractivity contribution in [3.8, 4) is 11.5 Å². The van der Waals surface area contributed by atoms with Crippen LogP contribution >= 0.6 is 0 Å². The summed E-state index contributed by atoms with van der Waals surface area (Å²) >= 11 is 0. The number of hydrogen-bond donors (Lipinski definition) is 0.